The van der Waals surface area contributed by atoms with Crippen molar-refractivity contribution in [2.75, 3.05) is 0 Å². The third kappa shape index (κ3) is 3.64. The van der Waals surface area contributed by atoms with Crippen molar-refractivity contribution in [1.82, 2.24) is 5.32 Å². The smallest absolute Gasteiger partial charge is 0.170 e. The van der Waals surface area contributed by atoms with Gasteiger partial charge in [0.05, 0.1) is 0 Å². The van der Waals surface area contributed by atoms with Crippen molar-refractivity contribution in [2.24, 2.45) is 16.8 Å². The van der Waals surface area contributed by atoms with Gasteiger partial charge < -0.3 is 16.3 Å². The molecule has 1 aromatic carbocycles. The molecule has 0 spiro atoms. The van der Waals surface area contributed by atoms with Crippen LogP contribution in [0, 0.1) is 5.92 Å². The lowest BCUT2D eigenvalue weighted by Crippen LogP contribution is -2.31. The molecule has 5 heteroatoms. The topological polar surface area (TPSA) is 70.6 Å². The van der Waals surface area contributed by atoms with Crippen LogP contribution in [0.15, 0.2) is 23.4 Å². The van der Waals surface area contributed by atoms with Gasteiger partial charge in [0.1, 0.15) is 0 Å². The number of nitrogens with two attached hydrogens (primary N) is 1. The van der Waals surface area contributed by atoms with Crippen molar-refractivity contribution in [3.63, 3.8) is 0 Å². The van der Waals surface area contributed by atoms with Gasteiger partial charge in [-0.25, -0.2) is 0 Å². The van der Waals surface area contributed by atoms with Crippen molar-refractivity contribution in [1.29, 1.82) is 0 Å². The van der Waals surface area contributed by atoms with Crippen LogP contribution in [-0.2, 0) is 6.54 Å². The van der Waals surface area contributed by atoms with Gasteiger partial charge in [0.15, 0.2) is 5.84 Å². The zero-order valence-electron chi connectivity index (χ0n) is 11.8. The lowest BCUT2D eigenvalue weighted by Gasteiger charge is -2.20. The molecule has 1 atom stereocenters. The summed E-state index contributed by atoms with van der Waals surface area (Å²) >= 11 is 6.24. The Labute approximate surface area is 125 Å². The number of hydrogen-bond donors (Lipinski definition) is 3. The summed E-state index contributed by atoms with van der Waals surface area (Å²) < 4.78 is 0. The Morgan fingerprint density at radius 2 is 2.20 bits per heavy atom. The van der Waals surface area contributed by atoms with Gasteiger partial charge in [0.2, 0.25) is 0 Å². The van der Waals surface area contributed by atoms with Crippen LogP contribution in [0.2, 0.25) is 5.02 Å². The Morgan fingerprint density at radius 1 is 1.50 bits per heavy atom. The van der Waals surface area contributed by atoms with E-state index in [1.807, 2.05) is 12.1 Å². The van der Waals surface area contributed by atoms with Crippen LogP contribution in [0.25, 0.3) is 0 Å². The number of rotatable bonds is 5. The van der Waals surface area contributed by atoms with Gasteiger partial charge >= 0.3 is 0 Å². The third-order valence-corrected chi connectivity index (χ3v) is 4.53. The Balaban J connectivity index is 1.96. The molecule has 1 saturated carbocycles. The van der Waals surface area contributed by atoms with E-state index in [1.165, 1.54) is 25.7 Å². The van der Waals surface area contributed by atoms with Gasteiger partial charge in [-0.05, 0) is 37.3 Å². The first-order chi connectivity index (χ1) is 9.61. The van der Waals surface area contributed by atoms with Gasteiger partial charge in [-0.3, -0.25) is 0 Å². The molecule has 0 aromatic heterocycles. The number of hydrogen-bond acceptors (Lipinski definition) is 3. The van der Waals surface area contributed by atoms with Crippen molar-refractivity contribution in [3.8, 4) is 0 Å². The fraction of sp³-hybridized carbons (Fsp3) is 0.533. The van der Waals surface area contributed by atoms with E-state index < -0.39 is 0 Å². The summed E-state index contributed by atoms with van der Waals surface area (Å²) in [5.41, 5.74) is 7.21. The minimum atomic E-state index is 0.0748. The molecule has 1 unspecified atom stereocenters. The first-order valence-electron chi connectivity index (χ1n) is 7.11. The largest absolute Gasteiger partial charge is 0.409 e. The molecular formula is C15H22ClN3O. The molecule has 1 fully saturated rings. The van der Waals surface area contributed by atoms with Gasteiger partial charge in [-0.15, -0.1) is 0 Å². The molecule has 0 bridgehead atoms. The zero-order chi connectivity index (χ0) is 14.5. The van der Waals surface area contributed by atoms with Crippen LogP contribution in [0.5, 0.6) is 0 Å². The number of nitrogens with one attached hydrogen (secondary N) is 1. The van der Waals surface area contributed by atoms with Gasteiger partial charge in [0, 0.05) is 23.2 Å². The maximum absolute atomic E-state index is 8.65. The molecule has 2 rings (SSSR count). The molecule has 1 aliphatic rings. The summed E-state index contributed by atoms with van der Waals surface area (Å²) in [4.78, 5) is 0. The Bertz CT molecular complexity index is 484. The van der Waals surface area contributed by atoms with Crippen LogP contribution in [0.1, 0.15) is 43.7 Å². The van der Waals surface area contributed by atoms with Crippen LogP contribution in [-0.4, -0.2) is 17.1 Å². The standard InChI is InChI=1S/C15H22ClN3O/c1-10(11-4-2-3-5-11)18-9-13-7-6-12(8-14(13)16)15(17)19-20/h6-8,10-11,18,20H,2-5,9H2,1H3,(H2,17,19). The molecular weight excluding hydrogens is 274 g/mol. The number of halogens is 1. The highest BCUT2D eigenvalue weighted by Crippen LogP contribution is 2.28. The van der Waals surface area contributed by atoms with Crippen LogP contribution >= 0.6 is 11.6 Å². The number of benzene rings is 1. The van der Waals surface area contributed by atoms with E-state index in [1.54, 1.807) is 6.07 Å². The molecule has 110 valence electrons. The number of nitrogens with zero attached hydrogens (tertiary/aromatic N) is 1. The lowest BCUT2D eigenvalue weighted by molar-refractivity contribution is 0.318. The molecule has 20 heavy (non-hydrogen) atoms. The highest BCUT2D eigenvalue weighted by atomic mass is 35.5. The molecule has 4 nitrogen and oxygen atoms in total. The minimum Gasteiger partial charge on any atom is -0.409 e. The second kappa shape index (κ2) is 6.95. The van der Waals surface area contributed by atoms with Crippen molar-refractivity contribution < 1.29 is 5.21 Å². The summed E-state index contributed by atoms with van der Waals surface area (Å²) in [7, 11) is 0. The molecule has 4 N–H and O–H groups in total. The Morgan fingerprint density at radius 3 is 2.80 bits per heavy atom. The number of amidine groups is 1. The summed E-state index contributed by atoms with van der Waals surface area (Å²) in [6, 6.07) is 5.98. The molecule has 0 heterocycles. The van der Waals surface area contributed by atoms with E-state index >= 15 is 0 Å². The van der Waals surface area contributed by atoms with Crippen LogP contribution in [0.4, 0.5) is 0 Å². The molecule has 0 saturated heterocycles. The summed E-state index contributed by atoms with van der Waals surface area (Å²) in [6.07, 6.45) is 5.35. The first-order valence-corrected chi connectivity index (χ1v) is 7.49. The predicted molar refractivity (Wildman–Crippen MR) is 82.2 cm³/mol. The zero-order valence-corrected chi connectivity index (χ0v) is 12.5. The highest BCUT2D eigenvalue weighted by Gasteiger charge is 2.21. The van der Waals surface area contributed by atoms with Crippen molar-refractivity contribution in [3.05, 3.63) is 34.3 Å². The lowest BCUT2D eigenvalue weighted by atomic mass is 9.99. The third-order valence-electron chi connectivity index (χ3n) is 4.18. The second-order valence-corrected chi connectivity index (χ2v) is 5.91. The monoisotopic (exact) mass is 295 g/mol. The predicted octanol–water partition coefficient (Wildman–Crippen LogP) is 3.10. The molecule has 1 aliphatic carbocycles. The summed E-state index contributed by atoms with van der Waals surface area (Å²) in [5, 5.41) is 15.8. The quantitative estimate of drug-likeness (QED) is 0.338. The van der Waals surface area contributed by atoms with E-state index in [4.69, 9.17) is 22.5 Å². The van der Waals surface area contributed by atoms with E-state index in [0.717, 1.165) is 18.0 Å². The van der Waals surface area contributed by atoms with Gasteiger partial charge in [-0.2, -0.15) is 0 Å². The fourth-order valence-corrected chi connectivity index (χ4v) is 3.05. The average Bonchev–Trinajstić information content (AvgIpc) is 2.99. The Hall–Kier alpha value is -1.26. The molecule has 0 radical (unpaired) electrons. The first kappa shape index (κ1) is 15.1. The van der Waals surface area contributed by atoms with E-state index in [9.17, 15) is 0 Å². The van der Waals surface area contributed by atoms with E-state index in [0.29, 0.717) is 16.6 Å². The van der Waals surface area contributed by atoms with Gasteiger partial charge in [0.25, 0.3) is 0 Å². The van der Waals surface area contributed by atoms with Crippen LogP contribution in [0.3, 0.4) is 0 Å². The van der Waals surface area contributed by atoms with Crippen molar-refractivity contribution in [2.45, 2.75) is 45.2 Å². The summed E-state index contributed by atoms with van der Waals surface area (Å²) in [6.45, 7) is 2.99. The SMILES string of the molecule is CC(NCc1ccc(/C(N)=N/O)cc1Cl)C1CCCC1. The maximum atomic E-state index is 8.65. The summed E-state index contributed by atoms with van der Waals surface area (Å²) in [5.74, 6) is 0.857. The van der Waals surface area contributed by atoms with E-state index in [2.05, 4.69) is 17.4 Å². The van der Waals surface area contributed by atoms with E-state index in [-0.39, 0.29) is 5.84 Å². The maximum Gasteiger partial charge on any atom is 0.170 e. The number of oxime groups is 1. The molecule has 0 amide bonds. The van der Waals surface area contributed by atoms with Crippen LogP contribution < -0.4 is 11.1 Å². The fourth-order valence-electron chi connectivity index (χ4n) is 2.80. The highest BCUT2D eigenvalue weighted by molar-refractivity contribution is 6.31. The second-order valence-electron chi connectivity index (χ2n) is 5.51. The molecule has 0 aliphatic heterocycles. The van der Waals surface area contributed by atoms with Gasteiger partial charge in [-0.1, -0.05) is 41.7 Å². The minimum absolute atomic E-state index is 0.0748. The molecule has 1 aromatic rings. The average molecular weight is 296 g/mol. The Kier molecular flexibility index (Phi) is 5.26. The van der Waals surface area contributed by atoms with Crippen molar-refractivity contribution >= 4 is 17.4 Å². The normalized spacial score (nSPS) is 18.4.